The minimum absolute atomic E-state index is 0.145. The summed E-state index contributed by atoms with van der Waals surface area (Å²) in [5.41, 5.74) is 1.90. The van der Waals surface area contributed by atoms with Crippen molar-refractivity contribution in [2.45, 2.75) is 46.5 Å². The zero-order chi connectivity index (χ0) is 22.4. The number of esters is 2. The third-order valence-electron chi connectivity index (χ3n) is 5.11. The van der Waals surface area contributed by atoms with E-state index in [2.05, 4.69) is 0 Å². The average molecular weight is 416 g/mol. The van der Waals surface area contributed by atoms with Crippen LogP contribution in [0.25, 0.3) is 0 Å². The number of nitrogens with zero attached hydrogens (tertiary/aromatic N) is 2. The normalized spacial score (nSPS) is 14.8. The maximum atomic E-state index is 13.0. The molecule has 0 atom stereocenters. The number of benzene rings is 1. The van der Waals surface area contributed by atoms with E-state index in [1.54, 1.807) is 39.1 Å². The van der Waals surface area contributed by atoms with Gasteiger partial charge < -0.3 is 14.4 Å². The molecular formula is C22H28N2O6. The van der Waals surface area contributed by atoms with Gasteiger partial charge in [0.05, 0.1) is 35.2 Å². The zero-order valence-electron chi connectivity index (χ0n) is 18.1. The summed E-state index contributed by atoms with van der Waals surface area (Å²) in [5, 5.41) is 11.8. The van der Waals surface area contributed by atoms with Crippen molar-refractivity contribution in [3.05, 3.63) is 62.5 Å². The minimum Gasteiger partial charge on any atom is -0.463 e. The van der Waals surface area contributed by atoms with E-state index in [-0.39, 0.29) is 35.6 Å². The molecule has 0 aromatic heterocycles. The van der Waals surface area contributed by atoms with Gasteiger partial charge in [0.25, 0.3) is 5.69 Å². The number of hydrogen-bond acceptors (Lipinski definition) is 7. The van der Waals surface area contributed by atoms with Crippen molar-refractivity contribution in [2.24, 2.45) is 0 Å². The summed E-state index contributed by atoms with van der Waals surface area (Å²) >= 11 is 0. The Morgan fingerprint density at radius 2 is 1.43 bits per heavy atom. The Morgan fingerprint density at radius 3 is 1.83 bits per heavy atom. The molecule has 0 saturated carbocycles. The highest BCUT2D eigenvalue weighted by Crippen LogP contribution is 2.46. The van der Waals surface area contributed by atoms with E-state index in [1.165, 1.54) is 6.07 Å². The van der Waals surface area contributed by atoms with Crippen molar-refractivity contribution in [2.75, 3.05) is 20.3 Å². The first-order valence-electron chi connectivity index (χ1n) is 10.1. The van der Waals surface area contributed by atoms with E-state index < -0.39 is 22.8 Å². The van der Waals surface area contributed by atoms with Crippen LogP contribution in [0.4, 0.5) is 5.69 Å². The molecule has 0 spiro atoms. The molecule has 0 N–H and O–H groups in total. The second-order valence-corrected chi connectivity index (χ2v) is 6.68. The molecule has 0 amide bonds. The minimum atomic E-state index is -0.953. The predicted molar refractivity (Wildman–Crippen MR) is 112 cm³/mol. The molecule has 1 aromatic carbocycles. The maximum Gasteiger partial charge on any atom is 0.336 e. The van der Waals surface area contributed by atoms with Gasteiger partial charge in [-0.3, -0.25) is 10.1 Å². The summed E-state index contributed by atoms with van der Waals surface area (Å²) in [6.45, 7) is 7.46. The van der Waals surface area contributed by atoms with Crippen molar-refractivity contribution in [1.29, 1.82) is 0 Å². The van der Waals surface area contributed by atoms with E-state index in [9.17, 15) is 19.7 Å². The van der Waals surface area contributed by atoms with E-state index in [0.29, 0.717) is 24.2 Å². The van der Waals surface area contributed by atoms with Crippen LogP contribution in [0.15, 0.2) is 46.8 Å². The molecule has 2 rings (SSSR count). The van der Waals surface area contributed by atoms with Gasteiger partial charge in [-0.1, -0.05) is 32.0 Å². The van der Waals surface area contributed by atoms with E-state index >= 15 is 0 Å². The summed E-state index contributed by atoms with van der Waals surface area (Å²) in [6.07, 6.45) is 0.975. The first kappa shape index (κ1) is 23.1. The molecule has 1 heterocycles. The highest BCUT2D eigenvalue weighted by atomic mass is 16.6. The van der Waals surface area contributed by atoms with Gasteiger partial charge in [0, 0.05) is 30.1 Å². The van der Waals surface area contributed by atoms with E-state index in [0.717, 1.165) is 0 Å². The third kappa shape index (κ3) is 4.22. The number of allylic oxidation sites excluding steroid dienone is 2. The lowest BCUT2D eigenvalue weighted by atomic mass is 9.78. The molecule has 0 bridgehead atoms. The van der Waals surface area contributed by atoms with Crippen LogP contribution in [0.1, 0.15) is 52.0 Å². The third-order valence-corrected chi connectivity index (χ3v) is 5.11. The molecule has 0 saturated heterocycles. The highest BCUT2D eigenvalue weighted by Gasteiger charge is 2.43. The van der Waals surface area contributed by atoms with Gasteiger partial charge in [-0.05, 0) is 26.7 Å². The van der Waals surface area contributed by atoms with Crippen molar-refractivity contribution < 1.29 is 24.0 Å². The van der Waals surface area contributed by atoms with Crippen molar-refractivity contribution in [1.82, 2.24) is 4.90 Å². The van der Waals surface area contributed by atoms with Crippen molar-refractivity contribution in [3.8, 4) is 0 Å². The summed E-state index contributed by atoms with van der Waals surface area (Å²) in [6, 6.07) is 6.16. The van der Waals surface area contributed by atoms with Gasteiger partial charge in [0.1, 0.15) is 0 Å². The van der Waals surface area contributed by atoms with Crippen LogP contribution in [0.2, 0.25) is 0 Å². The molecule has 162 valence electrons. The summed E-state index contributed by atoms with van der Waals surface area (Å²) in [4.78, 5) is 39.2. The topological polar surface area (TPSA) is 99.0 Å². The molecule has 0 unspecified atom stereocenters. The van der Waals surface area contributed by atoms with Gasteiger partial charge in [-0.25, -0.2) is 9.59 Å². The number of carbonyl (C=O) groups is 2. The van der Waals surface area contributed by atoms with Crippen LogP contribution >= 0.6 is 0 Å². The Morgan fingerprint density at radius 1 is 0.967 bits per heavy atom. The van der Waals surface area contributed by atoms with Crippen LogP contribution in [0.5, 0.6) is 0 Å². The van der Waals surface area contributed by atoms with E-state index in [1.807, 2.05) is 18.7 Å². The first-order valence-corrected chi connectivity index (χ1v) is 10.1. The Hall–Kier alpha value is -3.16. The van der Waals surface area contributed by atoms with Gasteiger partial charge in [0.15, 0.2) is 0 Å². The van der Waals surface area contributed by atoms with Gasteiger partial charge in [0.2, 0.25) is 0 Å². The van der Waals surface area contributed by atoms with Crippen LogP contribution in [0.3, 0.4) is 0 Å². The Balaban J connectivity index is 2.92. The lowest BCUT2D eigenvalue weighted by molar-refractivity contribution is -0.385. The quantitative estimate of drug-likeness (QED) is 0.358. The predicted octanol–water partition coefficient (Wildman–Crippen LogP) is 4.08. The second-order valence-electron chi connectivity index (χ2n) is 6.68. The van der Waals surface area contributed by atoms with Crippen LogP contribution in [-0.4, -0.2) is 42.0 Å². The molecule has 8 nitrogen and oxygen atoms in total. The average Bonchev–Trinajstić information content (AvgIpc) is 2.72. The molecule has 1 aromatic rings. The van der Waals surface area contributed by atoms with E-state index in [4.69, 9.17) is 9.47 Å². The molecular weight excluding hydrogens is 388 g/mol. The number of nitro groups is 1. The Kier molecular flexibility index (Phi) is 7.74. The SMILES string of the molecule is CCOC(=O)C1=C(CC)N(C)C(CC)=C(C(=O)OCC)C1c1ccccc1[N+](=O)[O-]. The number of ether oxygens (including phenoxy) is 2. The number of carbonyl (C=O) groups excluding carboxylic acids is 2. The van der Waals surface area contributed by atoms with Crippen LogP contribution in [-0.2, 0) is 19.1 Å². The first-order chi connectivity index (χ1) is 14.3. The standard InChI is InChI=1S/C22H28N2O6/c1-6-15-19(21(25)29-8-3)18(14-12-10-11-13-17(14)24(27)28)20(22(26)30-9-4)16(7-2)23(15)5/h10-13,18H,6-9H2,1-5H3. The fraction of sp³-hybridized carbons (Fsp3) is 0.455. The molecule has 8 heteroatoms. The van der Waals surface area contributed by atoms with Crippen molar-refractivity contribution >= 4 is 17.6 Å². The fourth-order valence-corrected chi connectivity index (χ4v) is 3.95. The molecule has 30 heavy (non-hydrogen) atoms. The Bertz CT molecular complexity index is 859. The van der Waals surface area contributed by atoms with Gasteiger partial charge in [-0.2, -0.15) is 0 Å². The lowest BCUT2D eigenvalue weighted by Gasteiger charge is -2.37. The Labute approximate surface area is 176 Å². The number of rotatable bonds is 8. The summed E-state index contributed by atoms with van der Waals surface area (Å²) in [5.74, 6) is -2.14. The van der Waals surface area contributed by atoms with Gasteiger partial charge in [-0.15, -0.1) is 0 Å². The summed E-state index contributed by atoms with van der Waals surface area (Å²) in [7, 11) is 1.78. The smallest absolute Gasteiger partial charge is 0.336 e. The number of hydrogen-bond donors (Lipinski definition) is 0. The second kappa shape index (κ2) is 10.0. The molecule has 0 radical (unpaired) electrons. The highest BCUT2D eigenvalue weighted by molar-refractivity contribution is 6.00. The van der Waals surface area contributed by atoms with Crippen LogP contribution < -0.4 is 0 Å². The monoisotopic (exact) mass is 416 g/mol. The maximum absolute atomic E-state index is 13.0. The molecule has 0 aliphatic carbocycles. The number of para-hydroxylation sites is 1. The zero-order valence-corrected chi connectivity index (χ0v) is 18.1. The van der Waals surface area contributed by atoms with Crippen molar-refractivity contribution in [3.63, 3.8) is 0 Å². The largest absolute Gasteiger partial charge is 0.463 e. The molecule has 0 fully saturated rings. The molecule has 1 aliphatic heterocycles. The summed E-state index contributed by atoms with van der Waals surface area (Å²) < 4.78 is 10.6. The lowest BCUT2D eigenvalue weighted by Crippen LogP contribution is -2.35. The number of nitro benzene ring substituents is 1. The molecule has 1 aliphatic rings. The van der Waals surface area contributed by atoms with Crippen LogP contribution in [0, 0.1) is 10.1 Å². The van der Waals surface area contributed by atoms with Gasteiger partial charge >= 0.3 is 11.9 Å². The fourth-order valence-electron chi connectivity index (χ4n) is 3.95.